The molecule has 0 aliphatic carbocycles. The zero-order valence-electron chi connectivity index (χ0n) is 10.1. The van der Waals surface area contributed by atoms with Gasteiger partial charge in [0.1, 0.15) is 6.07 Å². The van der Waals surface area contributed by atoms with E-state index in [2.05, 4.69) is 0 Å². The van der Waals surface area contributed by atoms with Crippen LogP contribution < -0.4 is 4.90 Å². The van der Waals surface area contributed by atoms with Crippen molar-refractivity contribution >= 4 is 5.69 Å². The smallest absolute Gasteiger partial charge is 0.183 e. The number of rotatable bonds is 2. The molecule has 1 aromatic carbocycles. The first-order valence-electron chi connectivity index (χ1n) is 5.92. The molecule has 96 valence electrons. The number of nitriles is 1. The standard InChI is InChI=1S/C13H14F2N2O/c1-2-10-8-17(5-6-18-10)11-4-3-9(7-16)12(14)13(11)15/h3-4,10H,2,5-6,8H2,1H3. The van der Waals surface area contributed by atoms with Gasteiger partial charge in [0.05, 0.1) is 24.0 Å². The van der Waals surface area contributed by atoms with Crippen LogP contribution in [0.2, 0.25) is 0 Å². The van der Waals surface area contributed by atoms with Crippen LogP contribution in [0, 0.1) is 23.0 Å². The topological polar surface area (TPSA) is 36.3 Å². The number of benzene rings is 1. The molecule has 18 heavy (non-hydrogen) atoms. The second-order valence-electron chi connectivity index (χ2n) is 4.22. The number of anilines is 1. The molecule has 1 atom stereocenters. The van der Waals surface area contributed by atoms with Gasteiger partial charge in [-0.2, -0.15) is 5.26 Å². The Morgan fingerprint density at radius 1 is 1.44 bits per heavy atom. The largest absolute Gasteiger partial charge is 0.375 e. The van der Waals surface area contributed by atoms with Crippen molar-refractivity contribution in [3.63, 3.8) is 0 Å². The van der Waals surface area contributed by atoms with Gasteiger partial charge in [0.25, 0.3) is 0 Å². The lowest BCUT2D eigenvalue weighted by atomic mass is 10.1. The van der Waals surface area contributed by atoms with Crippen LogP contribution in [0.4, 0.5) is 14.5 Å². The van der Waals surface area contributed by atoms with Crippen molar-refractivity contribution in [3.8, 4) is 6.07 Å². The maximum Gasteiger partial charge on any atom is 0.183 e. The Kier molecular flexibility index (Phi) is 3.78. The van der Waals surface area contributed by atoms with E-state index in [1.165, 1.54) is 12.1 Å². The number of ether oxygens (including phenoxy) is 1. The monoisotopic (exact) mass is 252 g/mol. The third-order valence-corrected chi connectivity index (χ3v) is 3.12. The molecule has 2 rings (SSSR count). The number of hydrogen-bond acceptors (Lipinski definition) is 3. The SMILES string of the molecule is CCC1CN(c2ccc(C#N)c(F)c2F)CCO1. The summed E-state index contributed by atoms with van der Waals surface area (Å²) < 4.78 is 32.9. The molecule has 0 amide bonds. The summed E-state index contributed by atoms with van der Waals surface area (Å²) >= 11 is 0. The van der Waals surface area contributed by atoms with E-state index in [0.29, 0.717) is 19.7 Å². The molecule has 0 aromatic heterocycles. The Hall–Kier alpha value is -1.67. The van der Waals surface area contributed by atoms with Gasteiger partial charge in [0.2, 0.25) is 0 Å². The third-order valence-electron chi connectivity index (χ3n) is 3.12. The van der Waals surface area contributed by atoms with Crippen molar-refractivity contribution in [1.29, 1.82) is 5.26 Å². The van der Waals surface area contributed by atoms with Crippen molar-refractivity contribution in [1.82, 2.24) is 0 Å². The highest BCUT2D eigenvalue weighted by atomic mass is 19.2. The molecular weight excluding hydrogens is 238 g/mol. The van der Waals surface area contributed by atoms with Crippen molar-refractivity contribution in [2.45, 2.75) is 19.4 Å². The number of nitrogens with zero attached hydrogens (tertiary/aromatic N) is 2. The van der Waals surface area contributed by atoms with Crippen LogP contribution in [0.5, 0.6) is 0 Å². The van der Waals surface area contributed by atoms with Gasteiger partial charge in [-0.1, -0.05) is 6.92 Å². The highest BCUT2D eigenvalue weighted by molar-refractivity contribution is 5.52. The van der Waals surface area contributed by atoms with Gasteiger partial charge < -0.3 is 9.64 Å². The minimum absolute atomic E-state index is 0.0388. The van der Waals surface area contributed by atoms with Gasteiger partial charge in [0, 0.05) is 13.1 Å². The van der Waals surface area contributed by atoms with Crippen LogP contribution in [0.1, 0.15) is 18.9 Å². The second kappa shape index (κ2) is 5.32. The number of halogens is 2. The molecule has 1 aliphatic rings. The predicted molar refractivity (Wildman–Crippen MR) is 63.3 cm³/mol. The highest BCUT2D eigenvalue weighted by Gasteiger charge is 2.23. The minimum Gasteiger partial charge on any atom is -0.375 e. The summed E-state index contributed by atoms with van der Waals surface area (Å²) in [5.74, 6) is -2.03. The zero-order valence-corrected chi connectivity index (χ0v) is 10.1. The van der Waals surface area contributed by atoms with Crippen LogP contribution >= 0.6 is 0 Å². The Bertz CT molecular complexity index is 485. The first-order valence-corrected chi connectivity index (χ1v) is 5.92. The maximum atomic E-state index is 13.9. The van der Waals surface area contributed by atoms with Gasteiger partial charge in [-0.05, 0) is 18.6 Å². The van der Waals surface area contributed by atoms with Crippen molar-refractivity contribution < 1.29 is 13.5 Å². The van der Waals surface area contributed by atoms with Gasteiger partial charge in [0.15, 0.2) is 11.6 Å². The van der Waals surface area contributed by atoms with Crippen LogP contribution in [-0.4, -0.2) is 25.8 Å². The lowest BCUT2D eigenvalue weighted by molar-refractivity contribution is 0.0382. The average molecular weight is 252 g/mol. The molecule has 1 heterocycles. The molecule has 3 nitrogen and oxygen atoms in total. The van der Waals surface area contributed by atoms with Crippen LogP contribution in [0.15, 0.2) is 12.1 Å². The molecule has 1 aromatic rings. The quantitative estimate of drug-likeness (QED) is 0.811. The molecule has 0 bridgehead atoms. The molecule has 0 radical (unpaired) electrons. The van der Waals surface area contributed by atoms with Gasteiger partial charge in [-0.15, -0.1) is 0 Å². The first-order chi connectivity index (χ1) is 8.67. The Balaban J connectivity index is 2.29. The van der Waals surface area contributed by atoms with E-state index in [4.69, 9.17) is 10.00 Å². The van der Waals surface area contributed by atoms with Crippen LogP contribution in [0.3, 0.4) is 0 Å². The van der Waals surface area contributed by atoms with E-state index in [9.17, 15) is 8.78 Å². The maximum absolute atomic E-state index is 13.9. The van der Waals surface area contributed by atoms with Crippen molar-refractivity contribution in [3.05, 3.63) is 29.3 Å². The van der Waals surface area contributed by atoms with Gasteiger partial charge in [-0.25, -0.2) is 8.78 Å². The normalized spacial score (nSPS) is 19.7. The number of hydrogen-bond donors (Lipinski definition) is 0. The van der Waals surface area contributed by atoms with E-state index in [-0.39, 0.29) is 17.4 Å². The van der Waals surface area contributed by atoms with Gasteiger partial charge >= 0.3 is 0 Å². The van der Waals surface area contributed by atoms with E-state index in [1.54, 1.807) is 11.0 Å². The summed E-state index contributed by atoms with van der Waals surface area (Å²) in [4.78, 5) is 1.76. The van der Waals surface area contributed by atoms with Crippen LogP contribution in [-0.2, 0) is 4.74 Å². The first kappa shape index (κ1) is 12.8. The van der Waals surface area contributed by atoms with E-state index < -0.39 is 11.6 Å². The fraction of sp³-hybridized carbons (Fsp3) is 0.462. The Labute approximate surface area is 105 Å². The van der Waals surface area contributed by atoms with E-state index in [0.717, 1.165) is 6.42 Å². The van der Waals surface area contributed by atoms with Crippen molar-refractivity contribution in [2.75, 3.05) is 24.6 Å². The molecule has 1 unspecified atom stereocenters. The summed E-state index contributed by atoms with van der Waals surface area (Å²) in [5.41, 5.74) is -0.0650. The molecule has 1 saturated heterocycles. The molecular formula is C13H14F2N2O. The Morgan fingerprint density at radius 3 is 2.89 bits per heavy atom. The molecule has 0 saturated carbocycles. The average Bonchev–Trinajstić information content (AvgIpc) is 2.42. The lowest BCUT2D eigenvalue weighted by Crippen LogP contribution is -2.42. The second-order valence-corrected chi connectivity index (χ2v) is 4.22. The van der Waals surface area contributed by atoms with Crippen molar-refractivity contribution in [2.24, 2.45) is 0 Å². The molecule has 0 N–H and O–H groups in total. The summed E-state index contributed by atoms with van der Waals surface area (Å²) in [6, 6.07) is 4.39. The third kappa shape index (κ3) is 2.29. The zero-order chi connectivity index (χ0) is 13.1. The van der Waals surface area contributed by atoms with E-state index >= 15 is 0 Å². The van der Waals surface area contributed by atoms with Crippen LogP contribution in [0.25, 0.3) is 0 Å². The molecule has 1 fully saturated rings. The number of morpholine rings is 1. The summed E-state index contributed by atoms with van der Waals surface area (Å²) in [6.07, 6.45) is 0.869. The Morgan fingerprint density at radius 2 is 2.22 bits per heavy atom. The minimum atomic E-state index is -1.07. The summed E-state index contributed by atoms with van der Waals surface area (Å²) in [5, 5.41) is 8.63. The predicted octanol–water partition coefficient (Wildman–Crippen LogP) is 2.45. The lowest BCUT2D eigenvalue weighted by Gasteiger charge is -2.34. The summed E-state index contributed by atoms with van der Waals surface area (Å²) in [6.45, 7) is 3.56. The van der Waals surface area contributed by atoms with Gasteiger partial charge in [-0.3, -0.25) is 0 Å². The molecule has 0 spiro atoms. The molecule has 5 heteroatoms. The fourth-order valence-electron chi connectivity index (χ4n) is 2.05. The highest BCUT2D eigenvalue weighted by Crippen LogP contribution is 2.26. The molecule has 1 aliphatic heterocycles. The summed E-state index contributed by atoms with van der Waals surface area (Å²) in [7, 11) is 0. The fourth-order valence-corrected chi connectivity index (χ4v) is 2.05. The van der Waals surface area contributed by atoms with E-state index in [1.807, 2.05) is 6.92 Å².